The lowest BCUT2D eigenvalue weighted by atomic mass is 10.0. The Bertz CT molecular complexity index is 1240. The number of amides is 2. The number of anilines is 1. The second-order valence-electron chi connectivity index (χ2n) is 7.59. The van der Waals surface area contributed by atoms with Crippen LogP contribution >= 0.6 is 34.8 Å². The summed E-state index contributed by atoms with van der Waals surface area (Å²) in [6, 6.07) is 15.7. The third-order valence-electron chi connectivity index (χ3n) is 5.18. The topological polar surface area (TPSA) is 102 Å². The molecule has 0 saturated carbocycles. The van der Waals surface area contributed by atoms with Crippen LogP contribution in [0.15, 0.2) is 66.7 Å². The Labute approximate surface area is 222 Å². The molecule has 2 amide bonds. The van der Waals surface area contributed by atoms with Gasteiger partial charge >= 0.3 is 0 Å². The van der Waals surface area contributed by atoms with Gasteiger partial charge in [-0.2, -0.15) is 0 Å². The van der Waals surface area contributed by atoms with E-state index in [9.17, 15) is 19.7 Å². The molecule has 188 valence electrons. The van der Waals surface area contributed by atoms with Crippen LogP contribution in [0.4, 0.5) is 11.4 Å². The maximum absolute atomic E-state index is 13.6. The van der Waals surface area contributed by atoms with E-state index in [-0.39, 0.29) is 22.8 Å². The molecule has 8 nitrogen and oxygen atoms in total. The number of nitrogens with zero attached hydrogens (tertiary/aromatic N) is 2. The number of hydrogen-bond acceptors (Lipinski definition) is 5. The molecule has 3 aromatic rings. The Hall–Kier alpha value is -3.33. The van der Waals surface area contributed by atoms with Crippen LogP contribution in [0.3, 0.4) is 0 Å². The van der Waals surface area contributed by atoms with Gasteiger partial charge in [0.05, 0.1) is 11.5 Å². The largest absolute Gasteiger partial charge is 0.494 e. The number of non-ortho nitro benzene ring substituents is 1. The summed E-state index contributed by atoms with van der Waals surface area (Å²) in [6.45, 7) is 2.31. The minimum Gasteiger partial charge on any atom is -0.494 e. The predicted octanol–water partition coefficient (Wildman–Crippen LogP) is 6.25. The van der Waals surface area contributed by atoms with Crippen molar-refractivity contribution in [3.63, 3.8) is 0 Å². The number of carbonyl (C=O) groups excluding carboxylic acids is 2. The lowest BCUT2D eigenvalue weighted by Gasteiger charge is -2.31. The van der Waals surface area contributed by atoms with Gasteiger partial charge in [-0.3, -0.25) is 19.7 Å². The van der Waals surface area contributed by atoms with E-state index in [0.717, 1.165) is 0 Å². The summed E-state index contributed by atoms with van der Waals surface area (Å²) >= 11 is 18.3. The van der Waals surface area contributed by atoms with Crippen molar-refractivity contribution in [2.75, 3.05) is 17.8 Å². The summed E-state index contributed by atoms with van der Waals surface area (Å²) in [6.07, 6.45) is 0. The van der Waals surface area contributed by atoms with E-state index in [1.54, 1.807) is 48.5 Å². The number of hydrogen-bond donors (Lipinski definition) is 1. The number of rotatable bonds is 10. The summed E-state index contributed by atoms with van der Waals surface area (Å²) in [4.78, 5) is 38.7. The van der Waals surface area contributed by atoms with Crippen LogP contribution in [-0.4, -0.2) is 34.1 Å². The summed E-state index contributed by atoms with van der Waals surface area (Å²) < 4.78 is 5.42. The van der Waals surface area contributed by atoms with Crippen molar-refractivity contribution in [3.05, 3.63) is 98.0 Å². The Balaban J connectivity index is 2.06. The van der Waals surface area contributed by atoms with Crippen LogP contribution < -0.4 is 10.1 Å². The van der Waals surface area contributed by atoms with Gasteiger partial charge in [0.2, 0.25) is 5.91 Å². The fraction of sp³-hybridized carbons (Fsp3) is 0.200. The number of benzene rings is 3. The molecule has 3 aromatic carbocycles. The fourth-order valence-corrected chi connectivity index (χ4v) is 4.00. The van der Waals surface area contributed by atoms with E-state index >= 15 is 0 Å². The number of carbonyl (C=O) groups is 2. The Kier molecular flexibility index (Phi) is 9.52. The van der Waals surface area contributed by atoms with Gasteiger partial charge in [-0.1, -0.05) is 35.3 Å². The normalized spacial score (nSPS) is 11.4. The molecule has 3 rings (SSSR count). The third-order valence-corrected chi connectivity index (χ3v) is 6.00. The zero-order valence-corrected chi connectivity index (χ0v) is 21.4. The van der Waals surface area contributed by atoms with Crippen molar-refractivity contribution in [1.29, 1.82) is 0 Å². The molecule has 0 spiro atoms. The molecule has 0 aliphatic rings. The Morgan fingerprint density at radius 1 is 1.06 bits per heavy atom. The molecule has 0 saturated heterocycles. The molecular formula is C25H22Cl3N3O5. The summed E-state index contributed by atoms with van der Waals surface area (Å²) in [5, 5.41) is 14.8. The smallest absolute Gasteiger partial charge is 0.269 e. The zero-order chi connectivity index (χ0) is 26.2. The van der Waals surface area contributed by atoms with Crippen molar-refractivity contribution in [3.8, 4) is 5.75 Å². The summed E-state index contributed by atoms with van der Waals surface area (Å²) in [7, 11) is 0. The van der Waals surface area contributed by atoms with Gasteiger partial charge < -0.3 is 15.0 Å². The van der Waals surface area contributed by atoms with Crippen LogP contribution in [-0.2, 0) is 16.1 Å². The van der Waals surface area contributed by atoms with Crippen molar-refractivity contribution in [2.45, 2.75) is 19.5 Å². The van der Waals surface area contributed by atoms with Crippen molar-refractivity contribution < 1.29 is 19.2 Å². The maximum atomic E-state index is 13.6. The van der Waals surface area contributed by atoms with Crippen LogP contribution in [0.25, 0.3) is 0 Å². The number of nitrogens with one attached hydrogen (secondary N) is 1. The van der Waals surface area contributed by atoms with Gasteiger partial charge in [-0.25, -0.2) is 0 Å². The zero-order valence-electron chi connectivity index (χ0n) is 19.1. The first-order chi connectivity index (χ1) is 17.2. The lowest BCUT2D eigenvalue weighted by molar-refractivity contribution is -0.384. The highest BCUT2D eigenvalue weighted by molar-refractivity contribution is 6.32. The molecule has 1 N–H and O–H groups in total. The lowest BCUT2D eigenvalue weighted by Crippen LogP contribution is -2.41. The molecule has 0 aromatic heterocycles. The molecule has 0 aliphatic carbocycles. The first kappa shape index (κ1) is 27.3. The first-order valence-corrected chi connectivity index (χ1v) is 12.1. The van der Waals surface area contributed by atoms with Crippen LogP contribution in [0.5, 0.6) is 5.75 Å². The monoisotopic (exact) mass is 549 g/mol. The molecule has 0 bridgehead atoms. The average Bonchev–Trinajstić information content (AvgIpc) is 2.86. The van der Waals surface area contributed by atoms with Crippen molar-refractivity contribution in [2.24, 2.45) is 0 Å². The molecular weight excluding hydrogens is 529 g/mol. The number of nitro groups is 1. The van der Waals surface area contributed by atoms with Crippen LogP contribution in [0.1, 0.15) is 24.1 Å². The van der Waals surface area contributed by atoms with Gasteiger partial charge in [0, 0.05) is 40.0 Å². The van der Waals surface area contributed by atoms with Crippen LogP contribution in [0, 0.1) is 10.1 Å². The first-order valence-electron chi connectivity index (χ1n) is 10.8. The standard InChI is InChI=1S/C25H22Cl3N3O5/c1-2-36-20-10-7-18(8-11-20)29-25(33)24(21-13-19(31(34)35)9-12-22(21)28)30(23(32)14-26)15-16-3-5-17(27)6-4-16/h3-13,24H,2,14-15H2,1H3,(H,29,33). The minimum absolute atomic E-state index is 0.0247. The second kappa shape index (κ2) is 12.6. The number of halogens is 3. The SMILES string of the molecule is CCOc1ccc(NC(=O)C(c2cc([N+](=O)[O-])ccc2Cl)N(Cc2ccc(Cl)cc2)C(=O)CCl)cc1. The van der Waals surface area contributed by atoms with Crippen molar-refractivity contribution >= 4 is 58.0 Å². The van der Waals surface area contributed by atoms with Gasteiger partial charge in [0.1, 0.15) is 17.7 Å². The van der Waals surface area contributed by atoms with E-state index in [1.165, 1.54) is 23.1 Å². The minimum atomic E-state index is -1.33. The second-order valence-corrected chi connectivity index (χ2v) is 8.70. The van der Waals surface area contributed by atoms with E-state index < -0.39 is 28.7 Å². The fourth-order valence-electron chi connectivity index (χ4n) is 3.50. The summed E-state index contributed by atoms with van der Waals surface area (Å²) in [5.41, 5.74) is 0.901. The van der Waals surface area contributed by atoms with E-state index in [4.69, 9.17) is 39.5 Å². The predicted molar refractivity (Wildman–Crippen MR) is 140 cm³/mol. The molecule has 0 aliphatic heterocycles. The van der Waals surface area contributed by atoms with Gasteiger partial charge in [0.25, 0.3) is 11.6 Å². The van der Waals surface area contributed by atoms with E-state index in [0.29, 0.717) is 28.6 Å². The quantitative estimate of drug-likeness (QED) is 0.183. The molecule has 0 radical (unpaired) electrons. The third kappa shape index (κ3) is 6.87. The highest BCUT2D eigenvalue weighted by Gasteiger charge is 2.34. The Morgan fingerprint density at radius 2 is 1.72 bits per heavy atom. The highest BCUT2D eigenvalue weighted by atomic mass is 35.5. The molecule has 1 atom stereocenters. The summed E-state index contributed by atoms with van der Waals surface area (Å²) in [5.74, 6) is -1.00. The van der Waals surface area contributed by atoms with E-state index in [2.05, 4.69) is 5.32 Å². The molecule has 36 heavy (non-hydrogen) atoms. The Morgan fingerprint density at radius 3 is 2.31 bits per heavy atom. The van der Waals surface area contributed by atoms with Crippen LogP contribution in [0.2, 0.25) is 10.0 Å². The molecule has 1 unspecified atom stereocenters. The van der Waals surface area contributed by atoms with Gasteiger partial charge in [-0.05, 0) is 55.0 Å². The highest BCUT2D eigenvalue weighted by Crippen LogP contribution is 2.34. The number of alkyl halides is 1. The van der Waals surface area contributed by atoms with E-state index in [1.807, 2.05) is 6.92 Å². The average molecular weight is 551 g/mol. The number of nitro benzene ring substituents is 1. The van der Waals surface area contributed by atoms with Gasteiger partial charge in [0.15, 0.2) is 0 Å². The molecule has 0 heterocycles. The van der Waals surface area contributed by atoms with Gasteiger partial charge in [-0.15, -0.1) is 11.6 Å². The van der Waals surface area contributed by atoms with Crippen molar-refractivity contribution in [1.82, 2.24) is 4.90 Å². The number of ether oxygens (including phenoxy) is 1. The maximum Gasteiger partial charge on any atom is 0.269 e. The molecule has 11 heteroatoms. The molecule has 0 fully saturated rings.